The Morgan fingerprint density at radius 1 is 1.42 bits per heavy atom. The molecule has 4 heteroatoms. The summed E-state index contributed by atoms with van der Waals surface area (Å²) < 4.78 is 5.29. The molecule has 1 heterocycles. The highest BCUT2D eigenvalue weighted by Crippen LogP contribution is 2.40. The molecule has 2 unspecified atom stereocenters. The van der Waals surface area contributed by atoms with Crippen LogP contribution in [0.2, 0.25) is 0 Å². The van der Waals surface area contributed by atoms with Gasteiger partial charge in [-0.05, 0) is 55.5 Å². The number of methoxy groups -OCH3 is 1. The maximum Gasteiger partial charge on any atom is 0.320 e. The molecule has 3 rings (SSSR count). The predicted molar refractivity (Wildman–Crippen MR) is 71.4 cm³/mol. The fourth-order valence-corrected chi connectivity index (χ4v) is 3.46. The van der Waals surface area contributed by atoms with E-state index in [4.69, 9.17) is 4.74 Å². The first-order valence-corrected chi connectivity index (χ1v) is 6.86. The summed E-state index contributed by atoms with van der Waals surface area (Å²) in [5.41, 5.74) is 2.59. The summed E-state index contributed by atoms with van der Waals surface area (Å²) in [7, 11) is 1.67. The molecule has 0 saturated carbocycles. The zero-order valence-corrected chi connectivity index (χ0v) is 11.1. The quantitative estimate of drug-likeness (QED) is 0.906. The van der Waals surface area contributed by atoms with Gasteiger partial charge in [-0.25, -0.2) is 0 Å². The number of carboxylic acids is 1. The van der Waals surface area contributed by atoms with Crippen LogP contribution in [0.4, 0.5) is 0 Å². The standard InChI is InChI=1S/C15H19NO3/c1-19-11-6-4-10-5-7-13(12(10)9-11)16-8-2-3-14(16)15(17)18/h4,6,9,13-14H,2-3,5,7-8H2,1H3,(H,17,18). The lowest BCUT2D eigenvalue weighted by Gasteiger charge is -2.28. The van der Waals surface area contributed by atoms with Gasteiger partial charge in [0.05, 0.1) is 7.11 Å². The van der Waals surface area contributed by atoms with Crippen molar-refractivity contribution in [3.05, 3.63) is 29.3 Å². The average Bonchev–Trinajstić information content (AvgIpc) is 3.03. The highest BCUT2D eigenvalue weighted by Gasteiger charge is 2.38. The number of likely N-dealkylation sites (tertiary alicyclic amines) is 1. The Hall–Kier alpha value is -1.55. The molecule has 0 bridgehead atoms. The highest BCUT2D eigenvalue weighted by molar-refractivity contribution is 5.74. The van der Waals surface area contributed by atoms with E-state index in [-0.39, 0.29) is 12.1 Å². The van der Waals surface area contributed by atoms with Gasteiger partial charge in [-0.1, -0.05) is 6.07 Å². The monoisotopic (exact) mass is 261 g/mol. The van der Waals surface area contributed by atoms with E-state index in [1.165, 1.54) is 11.1 Å². The van der Waals surface area contributed by atoms with Crippen LogP contribution in [0.25, 0.3) is 0 Å². The van der Waals surface area contributed by atoms with Crippen molar-refractivity contribution in [1.29, 1.82) is 0 Å². The van der Waals surface area contributed by atoms with E-state index in [0.717, 1.165) is 38.0 Å². The Balaban J connectivity index is 1.91. The molecular formula is C15H19NO3. The Morgan fingerprint density at radius 2 is 2.26 bits per heavy atom. The van der Waals surface area contributed by atoms with Crippen molar-refractivity contribution in [2.45, 2.75) is 37.8 Å². The smallest absolute Gasteiger partial charge is 0.320 e. The number of hydrogen-bond acceptors (Lipinski definition) is 3. The molecule has 0 radical (unpaired) electrons. The Labute approximate surface area is 113 Å². The summed E-state index contributed by atoms with van der Waals surface area (Å²) in [6.07, 6.45) is 3.80. The molecule has 0 spiro atoms. The second kappa shape index (κ2) is 4.85. The molecule has 1 N–H and O–H groups in total. The SMILES string of the molecule is COc1ccc2c(c1)C(N1CCCC1C(=O)O)CC2. The van der Waals surface area contributed by atoms with Crippen molar-refractivity contribution in [3.63, 3.8) is 0 Å². The lowest BCUT2D eigenvalue weighted by Crippen LogP contribution is -2.38. The number of carboxylic acid groups (broad SMARTS) is 1. The number of aryl methyl sites for hydroxylation is 1. The first-order chi connectivity index (χ1) is 9.20. The second-order valence-corrected chi connectivity index (χ2v) is 5.35. The molecule has 19 heavy (non-hydrogen) atoms. The largest absolute Gasteiger partial charge is 0.497 e. The lowest BCUT2D eigenvalue weighted by molar-refractivity contribution is -0.143. The van der Waals surface area contributed by atoms with Crippen molar-refractivity contribution < 1.29 is 14.6 Å². The van der Waals surface area contributed by atoms with Crippen LogP contribution in [0.15, 0.2) is 18.2 Å². The van der Waals surface area contributed by atoms with Gasteiger partial charge in [0.2, 0.25) is 0 Å². The maximum atomic E-state index is 11.3. The number of benzene rings is 1. The first-order valence-electron chi connectivity index (χ1n) is 6.86. The van der Waals surface area contributed by atoms with E-state index in [9.17, 15) is 9.90 Å². The van der Waals surface area contributed by atoms with Crippen molar-refractivity contribution in [2.24, 2.45) is 0 Å². The summed E-state index contributed by atoms with van der Waals surface area (Å²) in [6.45, 7) is 0.887. The minimum absolute atomic E-state index is 0.244. The molecule has 1 aliphatic heterocycles. The fourth-order valence-electron chi connectivity index (χ4n) is 3.46. The van der Waals surface area contributed by atoms with Crippen LogP contribution in [0.5, 0.6) is 5.75 Å². The van der Waals surface area contributed by atoms with Crippen LogP contribution in [0, 0.1) is 0 Å². The van der Waals surface area contributed by atoms with Gasteiger partial charge < -0.3 is 9.84 Å². The molecule has 0 amide bonds. The summed E-state index contributed by atoms with van der Waals surface area (Å²) in [6, 6.07) is 6.10. The van der Waals surface area contributed by atoms with E-state index < -0.39 is 5.97 Å². The van der Waals surface area contributed by atoms with Crippen LogP contribution < -0.4 is 4.74 Å². The number of carbonyl (C=O) groups is 1. The van der Waals surface area contributed by atoms with E-state index >= 15 is 0 Å². The molecule has 1 aliphatic carbocycles. The second-order valence-electron chi connectivity index (χ2n) is 5.35. The van der Waals surface area contributed by atoms with E-state index in [1.807, 2.05) is 6.07 Å². The van der Waals surface area contributed by atoms with Gasteiger partial charge in [0.15, 0.2) is 0 Å². The molecule has 4 nitrogen and oxygen atoms in total. The summed E-state index contributed by atoms with van der Waals surface area (Å²) >= 11 is 0. The average molecular weight is 261 g/mol. The Kier molecular flexibility index (Phi) is 3.19. The maximum absolute atomic E-state index is 11.3. The van der Waals surface area contributed by atoms with Crippen LogP contribution in [0.3, 0.4) is 0 Å². The predicted octanol–water partition coefficient (Wildman–Crippen LogP) is 2.23. The number of nitrogens with zero attached hydrogens (tertiary/aromatic N) is 1. The molecule has 1 aromatic rings. The molecule has 2 atom stereocenters. The third kappa shape index (κ3) is 2.10. The van der Waals surface area contributed by atoms with Gasteiger partial charge in [0.25, 0.3) is 0 Å². The van der Waals surface area contributed by atoms with Crippen LogP contribution in [-0.4, -0.2) is 35.7 Å². The summed E-state index contributed by atoms with van der Waals surface area (Å²) in [5.74, 6) is 0.172. The number of fused-ring (bicyclic) bond motifs is 1. The van der Waals surface area contributed by atoms with Gasteiger partial charge in [0, 0.05) is 6.04 Å². The Morgan fingerprint density at radius 3 is 3.00 bits per heavy atom. The topological polar surface area (TPSA) is 49.8 Å². The highest BCUT2D eigenvalue weighted by atomic mass is 16.5. The Bertz CT molecular complexity index is 500. The molecule has 1 fully saturated rings. The van der Waals surface area contributed by atoms with Crippen LogP contribution >= 0.6 is 0 Å². The van der Waals surface area contributed by atoms with E-state index in [0.29, 0.717) is 0 Å². The lowest BCUT2D eigenvalue weighted by atomic mass is 10.1. The molecule has 1 aromatic carbocycles. The first kappa shape index (κ1) is 12.5. The molecular weight excluding hydrogens is 242 g/mol. The zero-order chi connectivity index (χ0) is 13.4. The zero-order valence-electron chi connectivity index (χ0n) is 11.1. The number of ether oxygens (including phenoxy) is 1. The number of hydrogen-bond donors (Lipinski definition) is 1. The fraction of sp³-hybridized carbons (Fsp3) is 0.533. The van der Waals surface area contributed by atoms with E-state index in [1.54, 1.807) is 7.11 Å². The summed E-state index contributed by atoms with van der Waals surface area (Å²) in [4.78, 5) is 13.5. The third-order valence-electron chi connectivity index (χ3n) is 4.38. The van der Waals surface area contributed by atoms with Gasteiger partial charge >= 0.3 is 5.97 Å². The van der Waals surface area contributed by atoms with Crippen molar-refractivity contribution >= 4 is 5.97 Å². The third-order valence-corrected chi connectivity index (χ3v) is 4.38. The van der Waals surface area contributed by atoms with Gasteiger partial charge in [-0.15, -0.1) is 0 Å². The van der Waals surface area contributed by atoms with Crippen molar-refractivity contribution in [1.82, 2.24) is 4.90 Å². The molecule has 2 aliphatic rings. The normalized spacial score (nSPS) is 26.4. The number of rotatable bonds is 3. The van der Waals surface area contributed by atoms with Crippen LogP contribution in [-0.2, 0) is 11.2 Å². The van der Waals surface area contributed by atoms with Gasteiger partial charge in [0.1, 0.15) is 11.8 Å². The molecule has 0 aromatic heterocycles. The molecule has 1 saturated heterocycles. The number of aliphatic carboxylic acids is 1. The summed E-state index contributed by atoms with van der Waals surface area (Å²) in [5, 5.41) is 9.33. The minimum atomic E-state index is -0.686. The molecule has 102 valence electrons. The van der Waals surface area contributed by atoms with Crippen molar-refractivity contribution in [2.75, 3.05) is 13.7 Å². The van der Waals surface area contributed by atoms with Crippen LogP contribution in [0.1, 0.15) is 36.4 Å². The van der Waals surface area contributed by atoms with E-state index in [2.05, 4.69) is 17.0 Å². The van der Waals surface area contributed by atoms with Gasteiger partial charge in [-0.3, -0.25) is 9.69 Å². The van der Waals surface area contributed by atoms with Gasteiger partial charge in [-0.2, -0.15) is 0 Å². The van der Waals surface area contributed by atoms with Crippen molar-refractivity contribution in [3.8, 4) is 5.75 Å². The minimum Gasteiger partial charge on any atom is -0.497 e.